The Kier molecular flexibility index (Phi) is 6.66. The summed E-state index contributed by atoms with van der Waals surface area (Å²) in [7, 11) is 0. The average molecular weight is 399 g/mol. The first-order valence-corrected chi connectivity index (χ1v) is 9.73. The summed E-state index contributed by atoms with van der Waals surface area (Å²) < 4.78 is 11.0. The highest BCUT2D eigenvalue weighted by Crippen LogP contribution is 2.18. The first-order valence-electron chi connectivity index (χ1n) is 9.73. The topological polar surface area (TPSA) is 92.1 Å². The molecule has 2 N–H and O–H groups in total. The van der Waals surface area contributed by atoms with Gasteiger partial charge >= 0.3 is 6.01 Å². The van der Waals surface area contributed by atoms with Crippen LogP contribution in [0.2, 0.25) is 0 Å². The van der Waals surface area contributed by atoms with Crippen LogP contribution < -0.4 is 15.1 Å². The second-order valence-electron chi connectivity index (χ2n) is 7.80. The molecule has 0 amide bonds. The van der Waals surface area contributed by atoms with Crippen molar-refractivity contribution in [2.24, 2.45) is 5.10 Å². The van der Waals surface area contributed by atoms with Gasteiger partial charge in [0.25, 0.3) is 0 Å². The minimum Gasteiger partial charge on any atom is -0.460 e. The molecule has 0 spiro atoms. The van der Waals surface area contributed by atoms with Gasteiger partial charge in [0, 0.05) is 19.2 Å². The third-order valence-electron chi connectivity index (χ3n) is 4.50. The second-order valence-corrected chi connectivity index (χ2v) is 7.80. The molecule has 1 aliphatic rings. The number of hydrogen-bond acceptors (Lipinski definition) is 8. The summed E-state index contributed by atoms with van der Waals surface area (Å²) in [5, 5.41) is 14.2. The number of aliphatic hydroxyl groups is 1. The van der Waals surface area contributed by atoms with E-state index < -0.39 is 5.60 Å². The van der Waals surface area contributed by atoms with E-state index in [-0.39, 0.29) is 12.6 Å². The molecule has 0 atom stereocenters. The molecule has 8 nitrogen and oxygen atoms in total. The molecule has 1 fully saturated rings. The molecular formula is C21H29N5O3. The number of anilines is 2. The van der Waals surface area contributed by atoms with Crippen LogP contribution in [0, 0.1) is 13.8 Å². The highest BCUT2D eigenvalue weighted by atomic mass is 16.5. The van der Waals surface area contributed by atoms with Crippen molar-refractivity contribution in [2.45, 2.75) is 33.3 Å². The van der Waals surface area contributed by atoms with Gasteiger partial charge in [-0.25, -0.2) is 0 Å². The normalized spacial score (nSPS) is 15.0. The molecule has 1 aromatic carbocycles. The fraction of sp³-hybridized carbons (Fsp3) is 0.476. The van der Waals surface area contributed by atoms with Gasteiger partial charge in [-0.05, 0) is 51.0 Å². The Morgan fingerprint density at radius 2 is 1.97 bits per heavy atom. The summed E-state index contributed by atoms with van der Waals surface area (Å²) in [6.45, 7) is 10.4. The molecule has 1 saturated heterocycles. The van der Waals surface area contributed by atoms with Crippen molar-refractivity contribution in [1.82, 2.24) is 9.97 Å². The molecule has 0 unspecified atom stereocenters. The largest absolute Gasteiger partial charge is 0.460 e. The zero-order chi connectivity index (χ0) is 20.9. The second kappa shape index (κ2) is 9.19. The summed E-state index contributed by atoms with van der Waals surface area (Å²) in [6, 6.07) is 8.16. The number of aryl methyl sites for hydroxylation is 2. The molecule has 1 aromatic heterocycles. The Morgan fingerprint density at radius 3 is 2.66 bits per heavy atom. The van der Waals surface area contributed by atoms with E-state index in [1.54, 1.807) is 20.1 Å². The first-order chi connectivity index (χ1) is 13.8. The van der Waals surface area contributed by atoms with Crippen LogP contribution >= 0.6 is 0 Å². The number of hydrogen-bond donors (Lipinski definition) is 2. The van der Waals surface area contributed by atoms with Crippen LogP contribution in [-0.2, 0) is 4.74 Å². The number of hydrazone groups is 1. The van der Waals surface area contributed by atoms with Gasteiger partial charge in [0.05, 0.1) is 36.4 Å². The number of benzene rings is 1. The zero-order valence-electron chi connectivity index (χ0n) is 17.5. The molecule has 2 aromatic rings. The summed E-state index contributed by atoms with van der Waals surface area (Å²) >= 11 is 0. The van der Waals surface area contributed by atoms with Crippen LogP contribution in [0.3, 0.4) is 0 Å². The quantitative estimate of drug-likeness (QED) is 0.546. The van der Waals surface area contributed by atoms with Crippen LogP contribution in [0.25, 0.3) is 0 Å². The summed E-state index contributed by atoms with van der Waals surface area (Å²) in [6.07, 6.45) is 1.64. The van der Waals surface area contributed by atoms with Crippen LogP contribution in [0.1, 0.15) is 30.7 Å². The fourth-order valence-corrected chi connectivity index (χ4v) is 2.74. The van der Waals surface area contributed by atoms with E-state index in [4.69, 9.17) is 9.47 Å². The number of ether oxygens (including phenoxy) is 2. The van der Waals surface area contributed by atoms with E-state index in [9.17, 15) is 5.11 Å². The lowest BCUT2D eigenvalue weighted by Crippen LogP contribution is -2.37. The SMILES string of the molecule is Cc1ccc(N/N=C/c2cc(N3CCOCC3)nc(OCC(C)(C)O)n2)cc1C. The van der Waals surface area contributed by atoms with Gasteiger partial charge < -0.3 is 19.5 Å². The minimum atomic E-state index is -0.975. The van der Waals surface area contributed by atoms with E-state index >= 15 is 0 Å². The van der Waals surface area contributed by atoms with Gasteiger partial charge in [0.15, 0.2) is 0 Å². The third kappa shape index (κ3) is 6.40. The van der Waals surface area contributed by atoms with Gasteiger partial charge in [0.2, 0.25) is 0 Å². The monoisotopic (exact) mass is 399 g/mol. The average Bonchev–Trinajstić information content (AvgIpc) is 2.69. The number of morpholine rings is 1. The molecule has 0 aliphatic carbocycles. The van der Waals surface area contributed by atoms with Gasteiger partial charge in [-0.15, -0.1) is 0 Å². The predicted octanol–water partition coefficient (Wildman–Crippen LogP) is 2.53. The molecule has 1 aliphatic heterocycles. The van der Waals surface area contributed by atoms with Crippen molar-refractivity contribution in [3.8, 4) is 6.01 Å². The Balaban J connectivity index is 1.78. The maximum absolute atomic E-state index is 9.93. The third-order valence-corrected chi connectivity index (χ3v) is 4.50. The molecule has 0 bridgehead atoms. The van der Waals surface area contributed by atoms with Crippen molar-refractivity contribution in [3.05, 3.63) is 41.1 Å². The molecule has 2 heterocycles. The molecular weight excluding hydrogens is 370 g/mol. The maximum Gasteiger partial charge on any atom is 0.319 e. The number of nitrogens with zero attached hydrogens (tertiary/aromatic N) is 4. The predicted molar refractivity (Wildman–Crippen MR) is 114 cm³/mol. The van der Waals surface area contributed by atoms with Crippen LogP contribution in [0.15, 0.2) is 29.4 Å². The number of nitrogens with one attached hydrogen (secondary N) is 1. The van der Waals surface area contributed by atoms with E-state index in [2.05, 4.69) is 45.3 Å². The lowest BCUT2D eigenvalue weighted by atomic mass is 10.1. The zero-order valence-corrected chi connectivity index (χ0v) is 17.5. The molecule has 0 saturated carbocycles. The van der Waals surface area contributed by atoms with Crippen molar-refractivity contribution in [3.63, 3.8) is 0 Å². The van der Waals surface area contributed by atoms with Gasteiger partial charge in [-0.2, -0.15) is 15.1 Å². The van der Waals surface area contributed by atoms with Crippen molar-refractivity contribution in [2.75, 3.05) is 43.2 Å². The highest BCUT2D eigenvalue weighted by molar-refractivity contribution is 5.79. The highest BCUT2D eigenvalue weighted by Gasteiger charge is 2.18. The van der Waals surface area contributed by atoms with E-state index in [0.717, 1.165) is 24.6 Å². The number of rotatable bonds is 7. The van der Waals surface area contributed by atoms with E-state index in [1.807, 2.05) is 18.2 Å². The summed E-state index contributed by atoms with van der Waals surface area (Å²) in [5.74, 6) is 0.752. The Hall–Kier alpha value is -2.71. The Bertz CT molecular complexity index is 858. The fourth-order valence-electron chi connectivity index (χ4n) is 2.74. The Morgan fingerprint density at radius 1 is 1.21 bits per heavy atom. The minimum absolute atomic E-state index is 0.0943. The van der Waals surface area contributed by atoms with Gasteiger partial charge in [-0.1, -0.05) is 6.07 Å². The standard InChI is InChI=1S/C21H29N5O3/c1-15-5-6-17(11-16(15)2)25-22-13-18-12-19(26-7-9-28-10-8-26)24-20(23-18)29-14-21(3,4)27/h5-6,11-13,25,27H,7-10,14H2,1-4H3/b22-13+. The molecule has 0 radical (unpaired) electrons. The van der Waals surface area contributed by atoms with Crippen LogP contribution in [-0.4, -0.2) is 59.8 Å². The van der Waals surface area contributed by atoms with Crippen LogP contribution in [0.4, 0.5) is 11.5 Å². The summed E-state index contributed by atoms with van der Waals surface area (Å²) in [4.78, 5) is 11.0. The lowest BCUT2D eigenvalue weighted by molar-refractivity contribution is 0.0250. The van der Waals surface area contributed by atoms with Crippen LogP contribution in [0.5, 0.6) is 6.01 Å². The maximum atomic E-state index is 9.93. The van der Waals surface area contributed by atoms with Gasteiger partial charge in [0.1, 0.15) is 12.4 Å². The van der Waals surface area contributed by atoms with E-state index in [1.165, 1.54) is 11.1 Å². The van der Waals surface area contributed by atoms with E-state index in [0.29, 0.717) is 18.9 Å². The van der Waals surface area contributed by atoms with Gasteiger partial charge in [-0.3, -0.25) is 5.43 Å². The van der Waals surface area contributed by atoms with Crippen molar-refractivity contribution < 1.29 is 14.6 Å². The van der Waals surface area contributed by atoms with Crippen molar-refractivity contribution in [1.29, 1.82) is 0 Å². The first kappa shape index (κ1) is 21.0. The smallest absolute Gasteiger partial charge is 0.319 e. The summed E-state index contributed by atoms with van der Waals surface area (Å²) in [5.41, 5.74) is 6.01. The molecule has 29 heavy (non-hydrogen) atoms. The molecule has 3 rings (SSSR count). The molecule has 156 valence electrons. The molecule has 8 heteroatoms. The number of aromatic nitrogens is 2. The Labute approximate surface area is 171 Å². The lowest BCUT2D eigenvalue weighted by Gasteiger charge is -2.28. The van der Waals surface area contributed by atoms with Crippen molar-refractivity contribution >= 4 is 17.7 Å².